The Hall–Kier alpha value is -7.66. The molecule has 10 aromatic rings. The van der Waals surface area contributed by atoms with Crippen molar-refractivity contribution in [2.75, 3.05) is 0 Å². The molecule has 0 unspecified atom stereocenters. The highest BCUT2D eigenvalue weighted by Gasteiger charge is 2.24. The third kappa shape index (κ3) is 5.58. The molecule has 0 spiro atoms. The van der Waals surface area contributed by atoms with Crippen LogP contribution in [0.5, 0.6) is 0 Å². The Bertz CT molecular complexity index is 3180. The first kappa shape index (κ1) is 33.9. The Morgan fingerprint density at radius 2 is 0.789 bits per heavy atom. The lowest BCUT2D eigenvalue weighted by Gasteiger charge is -2.21. The number of nitrogens with zero attached hydrogens (tertiary/aromatic N) is 4. The summed E-state index contributed by atoms with van der Waals surface area (Å²) < 4.78 is 4.65. The molecule has 0 aliphatic carbocycles. The zero-order valence-corrected chi connectivity index (χ0v) is 31.9. The van der Waals surface area contributed by atoms with Crippen molar-refractivity contribution in [1.82, 2.24) is 9.13 Å². The fourth-order valence-electron chi connectivity index (χ4n) is 8.79. The van der Waals surface area contributed by atoms with Gasteiger partial charge in [-0.15, -0.1) is 0 Å². The molecule has 0 saturated carbocycles. The van der Waals surface area contributed by atoms with E-state index in [9.17, 15) is 10.5 Å². The molecule has 2 aromatic heterocycles. The summed E-state index contributed by atoms with van der Waals surface area (Å²) in [6, 6.07) is 62.7. The first-order chi connectivity index (χ1) is 27.9. The number of nitriles is 2. The molecule has 0 aliphatic rings. The van der Waals surface area contributed by atoms with Crippen LogP contribution in [0, 0.1) is 43.4 Å². The van der Waals surface area contributed by atoms with Crippen LogP contribution in [0.2, 0.25) is 0 Å². The van der Waals surface area contributed by atoms with E-state index in [4.69, 9.17) is 0 Å². The highest BCUT2D eigenvalue weighted by atomic mass is 15.0. The van der Waals surface area contributed by atoms with E-state index in [1.54, 1.807) is 0 Å². The first-order valence-corrected chi connectivity index (χ1v) is 19.2. The SMILES string of the molecule is Cc1cccc(-c2ccc3c4ccccc4n(-c4cc(C#N)cc(-n5c6ccccc6c6ccc(-c7cccc(C)c7)cc65)c4-c4cc(C)cc(C#N)c4)c3c2)c1. The summed E-state index contributed by atoms with van der Waals surface area (Å²) in [6.07, 6.45) is 0. The monoisotopic (exact) mass is 728 g/mol. The molecule has 0 atom stereocenters. The number of aromatic nitrogens is 2. The van der Waals surface area contributed by atoms with Crippen molar-refractivity contribution >= 4 is 43.6 Å². The number of aryl methyl sites for hydroxylation is 3. The highest BCUT2D eigenvalue weighted by Crippen LogP contribution is 2.44. The molecular weight excluding hydrogens is 693 g/mol. The Labute approximate surface area is 331 Å². The molecule has 0 saturated heterocycles. The molecule has 4 nitrogen and oxygen atoms in total. The summed E-state index contributed by atoms with van der Waals surface area (Å²) in [4.78, 5) is 0. The van der Waals surface area contributed by atoms with E-state index in [0.717, 1.165) is 93.9 Å². The zero-order chi connectivity index (χ0) is 38.8. The van der Waals surface area contributed by atoms with E-state index in [1.807, 2.05) is 31.2 Å². The quantitative estimate of drug-likeness (QED) is 0.177. The predicted molar refractivity (Wildman–Crippen MR) is 235 cm³/mol. The summed E-state index contributed by atoms with van der Waals surface area (Å²) in [5.74, 6) is 0. The van der Waals surface area contributed by atoms with Crippen LogP contribution in [0.15, 0.2) is 164 Å². The zero-order valence-electron chi connectivity index (χ0n) is 31.9. The summed E-state index contributed by atoms with van der Waals surface area (Å²) in [6.45, 7) is 6.28. The van der Waals surface area contributed by atoms with E-state index in [2.05, 4.69) is 175 Å². The van der Waals surface area contributed by atoms with Crippen molar-refractivity contribution in [3.63, 3.8) is 0 Å². The van der Waals surface area contributed by atoms with Gasteiger partial charge in [0, 0.05) is 27.1 Å². The van der Waals surface area contributed by atoms with Gasteiger partial charge in [-0.1, -0.05) is 126 Å². The van der Waals surface area contributed by atoms with Gasteiger partial charge in [0.25, 0.3) is 0 Å². The Kier molecular flexibility index (Phi) is 7.89. The molecule has 0 aliphatic heterocycles. The van der Waals surface area contributed by atoms with Crippen LogP contribution in [0.3, 0.4) is 0 Å². The van der Waals surface area contributed by atoms with Gasteiger partial charge >= 0.3 is 0 Å². The highest BCUT2D eigenvalue weighted by molar-refractivity contribution is 6.13. The molecule has 0 bridgehead atoms. The van der Waals surface area contributed by atoms with Crippen molar-refractivity contribution in [2.24, 2.45) is 0 Å². The van der Waals surface area contributed by atoms with Crippen molar-refractivity contribution in [2.45, 2.75) is 20.8 Å². The molecule has 0 radical (unpaired) electrons. The van der Waals surface area contributed by atoms with Crippen LogP contribution < -0.4 is 0 Å². The van der Waals surface area contributed by atoms with E-state index < -0.39 is 0 Å². The summed E-state index contributed by atoms with van der Waals surface area (Å²) in [5.41, 5.74) is 16.7. The molecule has 57 heavy (non-hydrogen) atoms. The summed E-state index contributed by atoms with van der Waals surface area (Å²) in [5, 5.41) is 25.6. The van der Waals surface area contributed by atoms with Crippen LogP contribution in [0.4, 0.5) is 0 Å². The van der Waals surface area contributed by atoms with Crippen molar-refractivity contribution in [3.05, 3.63) is 192 Å². The molecule has 4 heteroatoms. The third-order valence-electron chi connectivity index (χ3n) is 11.3. The second kappa shape index (κ2) is 13.3. The lowest BCUT2D eigenvalue weighted by atomic mass is 9.95. The first-order valence-electron chi connectivity index (χ1n) is 19.2. The number of rotatable bonds is 5. The van der Waals surface area contributed by atoms with Gasteiger partial charge in [0.1, 0.15) is 0 Å². The maximum absolute atomic E-state index is 10.8. The van der Waals surface area contributed by atoms with Crippen LogP contribution in [-0.4, -0.2) is 9.13 Å². The molecule has 0 fully saturated rings. The van der Waals surface area contributed by atoms with Crippen molar-refractivity contribution < 1.29 is 0 Å². The Balaban J connectivity index is 1.38. The van der Waals surface area contributed by atoms with Gasteiger partial charge in [-0.25, -0.2) is 0 Å². The molecule has 0 amide bonds. The number of hydrogen-bond donors (Lipinski definition) is 0. The number of hydrogen-bond acceptors (Lipinski definition) is 2. The lowest BCUT2D eigenvalue weighted by molar-refractivity contribution is 1.13. The van der Waals surface area contributed by atoms with E-state index in [1.165, 1.54) is 11.1 Å². The average Bonchev–Trinajstić information content (AvgIpc) is 3.75. The number of para-hydroxylation sites is 2. The standard InChI is InChI=1S/C53H36N4/c1-33-10-8-12-38(23-33)40-18-20-45-43-14-4-6-16-47(43)56(49(45)29-40)51-27-37(32-55)28-52(53(51)42-25-35(3)22-36(26-42)31-54)57-48-17-7-5-15-44(48)46-21-19-41(30-50(46)57)39-13-9-11-34(2)24-39/h4-30H,1-3H3. The predicted octanol–water partition coefficient (Wildman–Crippen LogP) is 13.6. The summed E-state index contributed by atoms with van der Waals surface area (Å²) >= 11 is 0. The van der Waals surface area contributed by atoms with Crippen LogP contribution in [0.1, 0.15) is 27.8 Å². The van der Waals surface area contributed by atoms with Crippen molar-refractivity contribution in [3.8, 4) is 56.9 Å². The second-order valence-electron chi connectivity index (χ2n) is 15.1. The minimum atomic E-state index is 0.540. The van der Waals surface area contributed by atoms with E-state index in [-0.39, 0.29) is 0 Å². The number of fused-ring (bicyclic) bond motifs is 6. The van der Waals surface area contributed by atoms with Crippen LogP contribution in [-0.2, 0) is 0 Å². The van der Waals surface area contributed by atoms with Gasteiger partial charge in [-0.05, 0) is 103 Å². The maximum Gasteiger partial charge on any atom is 0.0993 e. The van der Waals surface area contributed by atoms with E-state index >= 15 is 0 Å². The van der Waals surface area contributed by atoms with Gasteiger partial charge in [-0.2, -0.15) is 10.5 Å². The Morgan fingerprint density at radius 1 is 0.351 bits per heavy atom. The topological polar surface area (TPSA) is 57.4 Å². The molecule has 268 valence electrons. The van der Waals surface area contributed by atoms with Gasteiger partial charge in [0.05, 0.1) is 56.7 Å². The minimum absolute atomic E-state index is 0.540. The minimum Gasteiger partial charge on any atom is -0.308 e. The number of benzene rings is 8. The molecule has 8 aromatic carbocycles. The second-order valence-corrected chi connectivity index (χ2v) is 15.1. The van der Waals surface area contributed by atoms with Gasteiger partial charge in [0.2, 0.25) is 0 Å². The Morgan fingerprint density at radius 3 is 1.28 bits per heavy atom. The van der Waals surface area contributed by atoms with Gasteiger partial charge in [0.15, 0.2) is 0 Å². The molecule has 10 rings (SSSR count). The van der Waals surface area contributed by atoms with Gasteiger partial charge < -0.3 is 9.13 Å². The van der Waals surface area contributed by atoms with Crippen molar-refractivity contribution in [1.29, 1.82) is 10.5 Å². The fraction of sp³-hybridized carbons (Fsp3) is 0.0566. The average molecular weight is 729 g/mol. The molecule has 0 N–H and O–H groups in total. The van der Waals surface area contributed by atoms with Gasteiger partial charge in [-0.3, -0.25) is 0 Å². The fourth-order valence-corrected chi connectivity index (χ4v) is 8.79. The largest absolute Gasteiger partial charge is 0.308 e. The van der Waals surface area contributed by atoms with E-state index in [0.29, 0.717) is 11.1 Å². The third-order valence-corrected chi connectivity index (χ3v) is 11.3. The summed E-state index contributed by atoms with van der Waals surface area (Å²) in [7, 11) is 0. The smallest absolute Gasteiger partial charge is 0.0993 e. The van der Waals surface area contributed by atoms with Crippen LogP contribution in [0.25, 0.3) is 88.4 Å². The lowest BCUT2D eigenvalue weighted by Crippen LogP contribution is -2.05. The van der Waals surface area contributed by atoms with Crippen LogP contribution >= 0.6 is 0 Å². The molecule has 2 heterocycles. The maximum atomic E-state index is 10.8. The molecular formula is C53H36N4. The normalized spacial score (nSPS) is 11.4.